The van der Waals surface area contributed by atoms with Gasteiger partial charge in [0.25, 0.3) is 0 Å². The van der Waals surface area contributed by atoms with Crippen molar-refractivity contribution >= 4 is 0 Å². The van der Waals surface area contributed by atoms with Crippen molar-refractivity contribution in [3.63, 3.8) is 0 Å². The molecule has 3 heteroatoms. The second-order valence-corrected chi connectivity index (χ2v) is 5.18. The molecule has 2 unspecified atom stereocenters. The molecule has 0 saturated heterocycles. The van der Waals surface area contributed by atoms with Gasteiger partial charge in [0.15, 0.2) is 0 Å². The van der Waals surface area contributed by atoms with Crippen LogP contribution in [0.15, 0.2) is 24.3 Å². The molecule has 3 nitrogen and oxygen atoms in total. The van der Waals surface area contributed by atoms with Gasteiger partial charge in [-0.1, -0.05) is 38.1 Å². The van der Waals surface area contributed by atoms with Gasteiger partial charge in [0.05, 0.1) is 12.7 Å². The highest BCUT2D eigenvalue weighted by molar-refractivity contribution is 5.25. The minimum Gasteiger partial charge on any atom is -0.393 e. The quantitative estimate of drug-likeness (QED) is 0.696. The fourth-order valence-corrected chi connectivity index (χ4v) is 1.86. The Morgan fingerprint density at radius 3 is 2.56 bits per heavy atom. The first-order chi connectivity index (χ1) is 8.54. The number of aliphatic hydroxyl groups is 2. The summed E-state index contributed by atoms with van der Waals surface area (Å²) in [7, 11) is 0. The van der Waals surface area contributed by atoms with E-state index in [-0.39, 0.29) is 18.8 Å². The minimum absolute atomic E-state index is 0.0760. The Bertz CT molecular complexity index is 352. The highest BCUT2D eigenvalue weighted by atomic mass is 16.3. The predicted molar refractivity (Wildman–Crippen MR) is 74.2 cm³/mol. The summed E-state index contributed by atoms with van der Waals surface area (Å²) >= 11 is 0. The third-order valence-corrected chi connectivity index (χ3v) is 3.29. The summed E-state index contributed by atoms with van der Waals surface area (Å²) in [5, 5.41) is 22.2. The summed E-state index contributed by atoms with van der Waals surface area (Å²) in [6, 6.07) is 8.17. The third kappa shape index (κ3) is 4.77. The topological polar surface area (TPSA) is 52.5 Å². The average molecular weight is 251 g/mol. The van der Waals surface area contributed by atoms with E-state index >= 15 is 0 Å². The van der Waals surface area contributed by atoms with Crippen LogP contribution in [-0.2, 0) is 6.61 Å². The van der Waals surface area contributed by atoms with Gasteiger partial charge in [-0.2, -0.15) is 0 Å². The van der Waals surface area contributed by atoms with Gasteiger partial charge in [0, 0.05) is 6.04 Å². The van der Waals surface area contributed by atoms with Crippen LogP contribution in [0.5, 0.6) is 0 Å². The molecule has 0 aliphatic rings. The summed E-state index contributed by atoms with van der Waals surface area (Å²) in [5.41, 5.74) is 2.10. The molecule has 1 aromatic rings. The predicted octanol–water partition coefficient (Wildman–Crippen LogP) is 2.24. The zero-order chi connectivity index (χ0) is 13.5. The molecule has 0 radical (unpaired) electrons. The first-order valence-corrected chi connectivity index (χ1v) is 6.65. The second-order valence-electron chi connectivity index (χ2n) is 5.18. The van der Waals surface area contributed by atoms with Gasteiger partial charge in [0.1, 0.15) is 0 Å². The van der Waals surface area contributed by atoms with Crippen molar-refractivity contribution in [3.8, 4) is 0 Å². The Labute approximate surface area is 110 Å². The summed E-state index contributed by atoms with van der Waals surface area (Å²) in [5.74, 6) is 0.305. The van der Waals surface area contributed by atoms with E-state index in [4.69, 9.17) is 5.11 Å². The van der Waals surface area contributed by atoms with E-state index < -0.39 is 0 Å². The molecule has 0 aliphatic heterocycles. The van der Waals surface area contributed by atoms with E-state index in [2.05, 4.69) is 18.3 Å². The highest BCUT2D eigenvalue weighted by Crippen LogP contribution is 2.14. The van der Waals surface area contributed by atoms with Crippen molar-refractivity contribution in [3.05, 3.63) is 35.4 Å². The van der Waals surface area contributed by atoms with Gasteiger partial charge in [0.2, 0.25) is 0 Å². The lowest BCUT2D eigenvalue weighted by atomic mass is 10.0. The number of benzene rings is 1. The zero-order valence-electron chi connectivity index (χ0n) is 11.6. The summed E-state index contributed by atoms with van der Waals surface area (Å²) in [4.78, 5) is 0. The first-order valence-electron chi connectivity index (χ1n) is 6.65. The Morgan fingerprint density at radius 1 is 1.22 bits per heavy atom. The molecule has 0 saturated carbocycles. The smallest absolute Gasteiger partial charge is 0.0681 e. The van der Waals surface area contributed by atoms with E-state index in [0.717, 1.165) is 18.5 Å². The van der Waals surface area contributed by atoms with Crippen LogP contribution in [-0.4, -0.2) is 22.9 Å². The zero-order valence-corrected chi connectivity index (χ0v) is 11.6. The van der Waals surface area contributed by atoms with Crippen LogP contribution in [0.1, 0.15) is 44.4 Å². The summed E-state index contributed by atoms with van der Waals surface area (Å²) in [6.45, 7) is 7.02. The van der Waals surface area contributed by atoms with Crippen LogP contribution >= 0.6 is 0 Å². The van der Waals surface area contributed by atoms with Crippen LogP contribution in [0.3, 0.4) is 0 Å². The SMILES string of the molecule is CC(NCCC(O)C(C)C)c1cccc(CO)c1. The van der Waals surface area contributed by atoms with Crippen LogP contribution < -0.4 is 5.32 Å². The van der Waals surface area contributed by atoms with E-state index in [1.54, 1.807) is 0 Å². The third-order valence-electron chi connectivity index (χ3n) is 3.29. The van der Waals surface area contributed by atoms with Crippen molar-refractivity contribution < 1.29 is 10.2 Å². The standard InChI is InChI=1S/C15H25NO2/c1-11(2)15(18)7-8-16-12(3)14-6-4-5-13(9-14)10-17/h4-6,9,11-12,15-18H,7-8,10H2,1-3H3. The van der Waals surface area contributed by atoms with Crippen molar-refractivity contribution in [2.24, 2.45) is 5.92 Å². The molecule has 0 amide bonds. The van der Waals surface area contributed by atoms with E-state index in [0.29, 0.717) is 5.92 Å². The number of hydrogen-bond acceptors (Lipinski definition) is 3. The van der Waals surface area contributed by atoms with Gasteiger partial charge < -0.3 is 15.5 Å². The lowest BCUT2D eigenvalue weighted by Crippen LogP contribution is -2.25. The van der Waals surface area contributed by atoms with E-state index in [9.17, 15) is 5.11 Å². The Morgan fingerprint density at radius 2 is 1.94 bits per heavy atom. The van der Waals surface area contributed by atoms with Gasteiger partial charge in [-0.15, -0.1) is 0 Å². The average Bonchev–Trinajstić information content (AvgIpc) is 2.38. The molecule has 1 rings (SSSR count). The summed E-state index contributed by atoms with van der Waals surface area (Å²) < 4.78 is 0. The molecule has 0 spiro atoms. The van der Waals surface area contributed by atoms with Crippen LogP contribution in [0.25, 0.3) is 0 Å². The molecule has 0 heterocycles. The number of rotatable bonds is 7. The Hall–Kier alpha value is -0.900. The summed E-state index contributed by atoms with van der Waals surface area (Å²) in [6.07, 6.45) is 0.523. The maximum atomic E-state index is 9.72. The largest absolute Gasteiger partial charge is 0.393 e. The molecule has 0 aliphatic carbocycles. The maximum absolute atomic E-state index is 9.72. The normalized spacial score (nSPS) is 14.8. The molecule has 3 N–H and O–H groups in total. The molecule has 2 atom stereocenters. The van der Waals surface area contributed by atoms with E-state index in [1.165, 1.54) is 5.56 Å². The first kappa shape index (κ1) is 15.2. The second kappa shape index (κ2) is 7.52. The molecule has 0 fully saturated rings. The van der Waals surface area contributed by atoms with Crippen molar-refractivity contribution in [2.75, 3.05) is 6.54 Å². The Balaban J connectivity index is 2.42. The highest BCUT2D eigenvalue weighted by Gasteiger charge is 2.10. The number of hydrogen-bond donors (Lipinski definition) is 3. The van der Waals surface area contributed by atoms with Crippen LogP contribution in [0.4, 0.5) is 0 Å². The minimum atomic E-state index is -0.242. The van der Waals surface area contributed by atoms with Gasteiger partial charge in [-0.05, 0) is 36.9 Å². The molecule has 18 heavy (non-hydrogen) atoms. The Kier molecular flexibility index (Phi) is 6.33. The lowest BCUT2D eigenvalue weighted by molar-refractivity contribution is 0.115. The lowest BCUT2D eigenvalue weighted by Gasteiger charge is -2.18. The van der Waals surface area contributed by atoms with Crippen LogP contribution in [0.2, 0.25) is 0 Å². The molecule has 1 aromatic carbocycles. The number of nitrogens with one attached hydrogen (secondary N) is 1. The van der Waals surface area contributed by atoms with Gasteiger partial charge >= 0.3 is 0 Å². The van der Waals surface area contributed by atoms with Crippen molar-refractivity contribution in [2.45, 2.75) is 45.9 Å². The fraction of sp³-hybridized carbons (Fsp3) is 0.600. The molecular formula is C15H25NO2. The maximum Gasteiger partial charge on any atom is 0.0681 e. The van der Waals surface area contributed by atoms with E-state index in [1.807, 2.05) is 32.0 Å². The van der Waals surface area contributed by atoms with Crippen molar-refractivity contribution in [1.82, 2.24) is 5.32 Å². The number of aliphatic hydroxyl groups excluding tert-OH is 2. The van der Waals surface area contributed by atoms with Gasteiger partial charge in [-0.25, -0.2) is 0 Å². The van der Waals surface area contributed by atoms with Crippen molar-refractivity contribution in [1.29, 1.82) is 0 Å². The molecule has 102 valence electrons. The molecule has 0 aromatic heterocycles. The molecular weight excluding hydrogens is 226 g/mol. The molecule has 0 bridgehead atoms. The monoisotopic (exact) mass is 251 g/mol. The van der Waals surface area contributed by atoms with Crippen LogP contribution in [0, 0.1) is 5.92 Å². The fourth-order valence-electron chi connectivity index (χ4n) is 1.86. The van der Waals surface area contributed by atoms with Gasteiger partial charge in [-0.3, -0.25) is 0 Å².